The summed E-state index contributed by atoms with van der Waals surface area (Å²) in [6.07, 6.45) is 0.811. The lowest BCUT2D eigenvalue weighted by Gasteiger charge is -2.36. The molecular weight excluding hydrogens is 305 g/mol. The first-order valence-corrected chi connectivity index (χ1v) is 8.08. The van der Waals surface area contributed by atoms with Crippen LogP contribution in [0.15, 0.2) is 24.0 Å². The molecule has 0 spiro atoms. The Morgan fingerprint density at radius 2 is 2.04 bits per heavy atom. The number of hydrogen-bond donors (Lipinski definition) is 1. The molecule has 1 aromatic heterocycles. The fourth-order valence-electron chi connectivity index (χ4n) is 3.59. The maximum Gasteiger partial charge on any atom is 0.393 e. The number of rotatable bonds is 1. The van der Waals surface area contributed by atoms with Gasteiger partial charge in [-0.15, -0.1) is 0 Å². The van der Waals surface area contributed by atoms with Gasteiger partial charge >= 0.3 is 6.18 Å². The molecule has 3 aliphatic rings. The second-order valence-corrected chi connectivity index (χ2v) is 6.44. The molecule has 1 aromatic rings. The van der Waals surface area contributed by atoms with Crippen LogP contribution in [0.2, 0.25) is 0 Å². The summed E-state index contributed by atoms with van der Waals surface area (Å²) in [7, 11) is 0. The van der Waals surface area contributed by atoms with Crippen LogP contribution in [0.25, 0.3) is 0 Å². The fraction of sp³-hybridized carbons (Fsp3) is 0.562. The lowest BCUT2D eigenvalue weighted by Crippen LogP contribution is -2.42. The molecule has 4 heterocycles. The molecule has 23 heavy (non-hydrogen) atoms. The monoisotopic (exact) mass is 324 g/mol. The van der Waals surface area contributed by atoms with Crippen LogP contribution in [0.5, 0.6) is 0 Å². The van der Waals surface area contributed by atoms with E-state index in [0.29, 0.717) is 18.8 Å². The summed E-state index contributed by atoms with van der Waals surface area (Å²) in [5.74, 6) is 0.133. The summed E-state index contributed by atoms with van der Waals surface area (Å²) < 4.78 is 39.0. The van der Waals surface area contributed by atoms with Crippen molar-refractivity contribution in [3.05, 3.63) is 24.0 Å². The highest BCUT2D eigenvalue weighted by Gasteiger charge is 2.42. The van der Waals surface area contributed by atoms with E-state index in [1.807, 2.05) is 12.1 Å². The average Bonchev–Trinajstić information content (AvgIpc) is 2.54. The number of nitrogens with one attached hydrogen (secondary N) is 1. The zero-order chi connectivity index (χ0) is 16.0. The summed E-state index contributed by atoms with van der Waals surface area (Å²) in [5, 5.41) is 3.31. The van der Waals surface area contributed by atoms with Crippen molar-refractivity contribution in [1.29, 1.82) is 0 Å². The lowest BCUT2D eigenvalue weighted by molar-refractivity contribution is -0.176. The molecule has 0 aromatic carbocycles. The summed E-state index contributed by atoms with van der Waals surface area (Å²) >= 11 is 0. The summed E-state index contributed by atoms with van der Waals surface area (Å²) in [6, 6.07) is 3.80. The number of allylic oxidation sites excluding steroid dienone is 1. The molecule has 3 aliphatic heterocycles. The van der Waals surface area contributed by atoms with Crippen molar-refractivity contribution in [2.45, 2.75) is 31.9 Å². The Labute approximate surface area is 133 Å². The van der Waals surface area contributed by atoms with Crippen molar-refractivity contribution in [2.75, 3.05) is 34.8 Å². The molecule has 1 unspecified atom stereocenters. The Balaban J connectivity index is 1.58. The van der Waals surface area contributed by atoms with Crippen LogP contribution < -0.4 is 15.1 Å². The molecule has 4 nitrogen and oxygen atoms in total. The summed E-state index contributed by atoms with van der Waals surface area (Å²) in [4.78, 5) is 8.53. The molecule has 0 amide bonds. The third-order valence-corrected chi connectivity index (χ3v) is 4.81. The molecule has 1 N–H and O–H groups in total. The van der Waals surface area contributed by atoms with E-state index in [1.54, 1.807) is 4.90 Å². The minimum absolute atomic E-state index is 0.00168. The lowest BCUT2D eigenvalue weighted by atomic mass is 9.97. The van der Waals surface area contributed by atoms with Gasteiger partial charge in [0.15, 0.2) is 5.82 Å². The zero-order valence-corrected chi connectivity index (χ0v) is 12.7. The van der Waals surface area contributed by atoms with Crippen molar-refractivity contribution in [1.82, 2.24) is 4.98 Å². The number of fused-ring (bicyclic) bond motifs is 3. The van der Waals surface area contributed by atoms with E-state index in [1.165, 1.54) is 0 Å². The van der Waals surface area contributed by atoms with Crippen molar-refractivity contribution >= 4 is 17.3 Å². The first-order valence-electron chi connectivity index (χ1n) is 8.08. The summed E-state index contributed by atoms with van der Waals surface area (Å²) in [6.45, 7) is 1.59. The van der Waals surface area contributed by atoms with E-state index < -0.39 is 12.1 Å². The van der Waals surface area contributed by atoms with Crippen LogP contribution in [-0.2, 0) is 0 Å². The van der Waals surface area contributed by atoms with Crippen LogP contribution in [0.4, 0.5) is 30.5 Å². The number of aromatic nitrogens is 1. The standard InChI is InChI=1S/C16H19F3N4/c17-16(18,19)11-3-1-8-23(9-11)14-6-5-13-15(21-14)20-12-4-2-7-22(13)10-12/h5-6,10-11H,1-4,7-9H2,(H,20,21). The van der Waals surface area contributed by atoms with Crippen molar-refractivity contribution in [2.24, 2.45) is 5.92 Å². The van der Waals surface area contributed by atoms with Gasteiger partial charge in [-0.05, 0) is 37.8 Å². The molecular formula is C16H19F3N4. The van der Waals surface area contributed by atoms with Gasteiger partial charge in [-0.25, -0.2) is 4.98 Å². The van der Waals surface area contributed by atoms with E-state index in [-0.39, 0.29) is 13.0 Å². The van der Waals surface area contributed by atoms with Gasteiger partial charge in [0.25, 0.3) is 0 Å². The number of halogens is 3. The van der Waals surface area contributed by atoms with Crippen molar-refractivity contribution < 1.29 is 13.2 Å². The van der Waals surface area contributed by atoms with Gasteiger partial charge in [0.2, 0.25) is 0 Å². The Bertz CT molecular complexity index is 641. The molecule has 2 bridgehead atoms. The van der Waals surface area contributed by atoms with Crippen molar-refractivity contribution in [3.63, 3.8) is 0 Å². The predicted octanol–water partition coefficient (Wildman–Crippen LogP) is 3.73. The molecule has 7 heteroatoms. The minimum Gasteiger partial charge on any atom is -0.356 e. The van der Waals surface area contributed by atoms with Gasteiger partial charge in [0, 0.05) is 31.5 Å². The topological polar surface area (TPSA) is 31.4 Å². The van der Waals surface area contributed by atoms with Crippen LogP contribution in [0.1, 0.15) is 25.7 Å². The molecule has 0 saturated carbocycles. The summed E-state index contributed by atoms with van der Waals surface area (Å²) in [5.41, 5.74) is 2.13. The molecule has 1 atom stereocenters. The fourth-order valence-corrected chi connectivity index (χ4v) is 3.59. The Kier molecular flexibility index (Phi) is 3.39. The van der Waals surface area contributed by atoms with Crippen LogP contribution in [0.3, 0.4) is 0 Å². The molecule has 1 saturated heterocycles. The number of hydrogen-bond acceptors (Lipinski definition) is 4. The molecule has 124 valence electrons. The van der Waals surface area contributed by atoms with Gasteiger partial charge in [-0.3, -0.25) is 0 Å². The van der Waals surface area contributed by atoms with E-state index in [2.05, 4.69) is 21.4 Å². The Morgan fingerprint density at radius 1 is 1.17 bits per heavy atom. The highest BCUT2D eigenvalue weighted by molar-refractivity contribution is 5.75. The normalized spacial score (nSPS) is 24.0. The van der Waals surface area contributed by atoms with Crippen LogP contribution in [0, 0.1) is 5.92 Å². The zero-order valence-electron chi connectivity index (χ0n) is 12.7. The van der Waals surface area contributed by atoms with Gasteiger partial charge in [0.05, 0.1) is 11.6 Å². The largest absolute Gasteiger partial charge is 0.393 e. The van der Waals surface area contributed by atoms with Gasteiger partial charge < -0.3 is 15.1 Å². The average molecular weight is 324 g/mol. The van der Waals surface area contributed by atoms with E-state index in [4.69, 9.17) is 0 Å². The third-order valence-electron chi connectivity index (χ3n) is 4.81. The number of nitrogens with zero attached hydrogens (tertiary/aromatic N) is 3. The maximum absolute atomic E-state index is 13.0. The highest BCUT2D eigenvalue weighted by Crippen LogP contribution is 2.38. The maximum atomic E-state index is 13.0. The second kappa shape index (κ2) is 5.32. The van der Waals surface area contributed by atoms with Gasteiger partial charge in [-0.1, -0.05) is 0 Å². The van der Waals surface area contributed by atoms with E-state index in [9.17, 15) is 13.2 Å². The van der Waals surface area contributed by atoms with Gasteiger partial charge in [0.1, 0.15) is 5.82 Å². The smallest absolute Gasteiger partial charge is 0.356 e. The van der Waals surface area contributed by atoms with E-state index in [0.717, 1.165) is 36.6 Å². The van der Waals surface area contributed by atoms with Crippen LogP contribution in [-0.4, -0.2) is 30.8 Å². The Hall–Kier alpha value is -1.92. The quantitative estimate of drug-likeness (QED) is 0.853. The number of alkyl halides is 3. The molecule has 4 rings (SSSR count). The second-order valence-electron chi connectivity index (χ2n) is 6.44. The molecule has 1 fully saturated rings. The molecule has 0 aliphatic carbocycles. The van der Waals surface area contributed by atoms with Crippen LogP contribution >= 0.6 is 0 Å². The van der Waals surface area contributed by atoms with Gasteiger partial charge in [-0.2, -0.15) is 13.2 Å². The third kappa shape index (κ3) is 2.72. The predicted molar refractivity (Wildman–Crippen MR) is 83.5 cm³/mol. The SMILES string of the molecule is FC(F)(F)C1CCCN(c2ccc3c(n2)NC2=CN3CCC2)C1. The first-order chi connectivity index (χ1) is 11.0. The number of piperidine rings is 1. The van der Waals surface area contributed by atoms with Crippen molar-refractivity contribution in [3.8, 4) is 0 Å². The van der Waals surface area contributed by atoms with E-state index >= 15 is 0 Å². The molecule has 0 radical (unpaired) electrons. The number of pyridine rings is 1. The minimum atomic E-state index is -4.13. The number of anilines is 3. The Morgan fingerprint density at radius 3 is 2.87 bits per heavy atom. The first kappa shape index (κ1) is 14.7. The highest BCUT2D eigenvalue weighted by atomic mass is 19.4.